The van der Waals surface area contributed by atoms with Crippen molar-refractivity contribution >= 4 is 17.6 Å². The van der Waals surface area contributed by atoms with Crippen LogP contribution in [-0.4, -0.2) is 67.6 Å². The van der Waals surface area contributed by atoms with Gasteiger partial charge in [0.15, 0.2) is 0 Å². The number of nitrogen functional groups attached to an aromatic ring is 1. The summed E-state index contributed by atoms with van der Waals surface area (Å²) in [5.74, 6) is 1.24. The minimum Gasteiger partial charge on any atom is -0.384 e. The van der Waals surface area contributed by atoms with E-state index in [1.807, 2.05) is 4.90 Å². The Hall–Kier alpha value is -2.59. The van der Waals surface area contributed by atoms with Gasteiger partial charge in [-0.3, -0.25) is 0 Å². The van der Waals surface area contributed by atoms with Gasteiger partial charge in [0.1, 0.15) is 11.6 Å². The second-order valence-corrected chi connectivity index (χ2v) is 6.61. The molecule has 0 saturated carbocycles. The van der Waals surface area contributed by atoms with Gasteiger partial charge in [0.05, 0.1) is 32.1 Å². The van der Waals surface area contributed by atoms with Gasteiger partial charge < -0.3 is 25.0 Å². The lowest BCUT2D eigenvalue weighted by molar-refractivity contribution is 0.121. The van der Waals surface area contributed by atoms with Crippen molar-refractivity contribution in [1.29, 1.82) is 0 Å². The first kappa shape index (κ1) is 18.8. The first-order valence-electron chi connectivity index (χ1n) is 9.20. The van der Waals surface area contributed by atoms with Crippen molar-refractivity contribution < 1.29 is 18.3 Å². The van der Waals surface area contributed by atoms with Crippen molar-refractivity contribution in [1.82, 2.24) is 15.0 Å². The molecule has 8 nitrogen and oxygen atoms in total. The highest BCUT2D eigenvalue weighted by molar-refractivity contribution is 5.69. The van der Waals surface area contributed by atoms with Gasteiger partial charge in [0, 0.05) is 49.6 Å². The number of pyridine rings is 1. The van der Waals surface area contributed by atoms with Crippen molar-refractivity contribution in [3.05, 3.63) is 23.9 Å². The monoisotopic (exact) mass is 392 g/mol. The summed E-state index contributed by atoms with van der Waals surface area (Å²) in [6.07, 6.45) is -1.33. The zero-order chi connectivity index (χ0) is 19.5. The Kier molecular flexibility index (Phi) is 5.49. The molecule has 28 heavy (non-hydrogen) atoms. The summed E-state index contributed by atoms with van der Waals surface area (Å²) in [6.45, 7) is 5.00. The van der Waals surface area contributed by atoms with Crippen LogP contribution >= 0.6 is 0 Å². The van der Waals surface area contributed by atoms with Gasteiger partial charge in [0.2, 0.25) is 5.95 Å². The molecule has 2 aliphatic rings. The van der Waals surface area contributed by atoms with E-state index in [0.717, 1.165) is 0 Å². The van der Waals surface area contributed by atoms with Crippen LogP contribution in [0.1, 0.15) is 12.0 Å². The highest BCUT2D eigenvalue weighted by Gasteiger charge is 2.23. The van der Waals surface area contributed by atoms with Crippen LogP contribution in [-0.2, 0) is 9.47 Å². The van der Waals surface area contributed by atoms with E-state index in [9.17, 15) is 8.78 Å². The Bertz CT molecular complexity index is 789. The molecule has 2 aromatic rings. The molecule has 2 N–H and O–H groups in total. The van der Waals surface area contributed by atoms with E-state index < -0.39 is 6.43 Å². The summed E-state index contributed by atoms with van der Waals surface area (Å²) in [5, 5.41) is 0. The van der Waals surface area contributed by atoms with Crippen LogP contribution in [0.5, 0.6) is 0 Å². The highest BCUT2D eigenvalue weighted by atomic mass is 19.3. The maximum Gasteiger partial charge on any atom is 0.264 e. The van der Waals surface area contributed by atoms with Crippen molar-refractivity contribution in [3.8, 4) is 11.3 Å². The molecule has 10 heteroatoms. The fraction of sp³-hybridized carbons (Fsp3) is 0.500. The second-order valence-electron chi connectivity index (χ2n) is 6.61. The van der Waals surface area contributed by atoms with Crippen LogP contribution in [0.15, 0.2) is 18.3 Å². The van der Waals surface area contributed by atoms with Crippen molar-refractivity contribution in [2.45, 2.75) is 6.43 Å². The maximum absolute atomic E-state index is 13.6. The topological polar surface area (TPSA) is 89.6 Å². The summed E-state index contributed by atoms with van der Waals surface area (Å²) in [6, 6.07) is 2.93. The number of nitrogens with zero attached hydrogens (tertiary/aromatic N) is 5. The summed E-state index contributed by atoms with van der Waals surface area (Å²) in [5.41, 5.74) is 6.09. The molecule has 2 fully saturated rings. The van der Waals surface area contributed by atoms with E-state index >= 15 is 0 Å². The highest BCUT2D eigenvalue weighted by Crippen LogP contribution is 2.33. The Morgan fingerprint density at radius 1 is 0.929 bits per heavy atom. The zero-order valence-corrected chi connectivity index (χ0v) is 15.4. The molecule has 0 spiro atoms. The Balaban J connectivity index is 1.79. The molecular formula is C18H22F2N6O2. The third-order valence-corrected chi connectivity index (χ3v) is 4.80. The molecule has 0 unspecified atom stereocenters. The SMILES string of the molecule is Nc1cc(C(F)F)c(-c2cc(N3CCOCC3)nc(N3CCOCC3)n2)cn1. The summed E-state index contributed by atoms with van der Waals surface area (Å²) in [7, 11) is 0. The molecular weight excluding hydrogens is 370 g/mol. The van der Waals surface area contributed by atoms with Gasteiger partial charge in [-0.2, -0.15) is 4.98 Å². The van der Waals surface area contributed by atoms with Gasteiger partial charge in [-0.05, 0) is 6.07 Å². The zero-order valence-electron chi connectivity index (χ0n) is 15.4. The minimum atomic E-state index is -2.69. The first-order chi connectivity index (χ1) is 13.6. The first-order valence-corrected chi connectivity index (χ1v) is 9.20. The lowest BCUT2D eigenvalue weighted by atomic mass is 10.1. The lowest BCUT2D eigenvalue weighted by Crippen LogP contribution is -2.39. The number of aromatic nitrogens is 3. The number of alkyl halides is 2. The van der Waals surface area contributed by atoms with E-state index in [0.29, 0.717) is 70.1 Å². The number of rotatable bonds is 4. The molecule has 0 amide bonds. The third-order valence-electron chi connectivity index (χ3n) is 4.80. The van der Waals surface area contributed by atoms with E-state index in [4.69, 9.17) is 20.2 Å². The van der Waals surface area contributed by atoms with Crippen LogP contribution in [0, 0.1) is 0 Å². The van der Waals surface area contributed by atoms with E-state index in [1.165, 1.54) is 12.3 Å². The van der Waals surface area contributed by atoms with Crippen molar-refractivity contribution in [3.63, 3.8) is 0 Å². The fourth-order valence-corrected chi connectivity index (χ4v) is 3.30. The molecule has 2 aliphatic heterocycles. The average molecular weight is 392 g/mol. The number of halogens is 2. The molecule has 0 aliphatic carbocycles. The number of hydrogen-bond acceptors (Lipinski definition) is 8. The molecule has 0 atom stereocenters. The number of morpholine rings is 2. The smallest absolute Gasteiger partial charge is 0.264 e. The number of ether oxygens (including phenoxy) is 2. The third kappa shape index (κ3) is 3.97. The molecule has 4 heterocycles. The molecule has 0 radical (unpaired) electrons. The van der Waals surface area contributed by atoms with Gasteiger partial charge >= 0.3 is 0 Å². The van der Waals surface area contributed by atoms with Crippen molar-refractivity contribution in [2.24, 2.45) is 0 Å². The van der Waals surface area contributed by atoms with Crippen LogP contribution in [0.4, 0.5) is 26.4 Å². The van der Waals surface area contributed by atoms with Crippen LogP contribution in [0.3, 0.4) is 0 Å². The van der Waals surface area contributed by atoms with Crippen LogP contribution < -0.4 is 15.5 Å². The molecule has 4 rings (SSSR count). The second kappa shape index (κ2) is 8.19. The predicted octanol–water partition coefficient (Wildman–Crippen LogP) is 1.73. The Labute approximate surface area is 161 Å². The molecule has 2 aromatic heterocycles. The fourth-order valence-electron chi connectivity index (χ4n) is 3.30. The largest absolute Gasteiger partial charge is 0.384 e. The van der Waals surface area contributed by atoms with Gasteiger partial charge in [-0.15, -0.1) is 0 Å². The Morgan fingerprint density at radius 3 is 2.21 bits per heavy atom. The van der Waals surface area contributed by atoms with Gasteiger partial charge in [-0.25, -0.2) is 18.7 Å². The van der Waals surface area contributed by atoms with Crippen molar-refractivity contribution in [2.75, 3.05) is 68.1 Å². The van der Waals surface area contributed by atoms with Gasteiger partial charge in [-0.1, -0.05) is 0 Å². The molecule has 0 aromatic carbocycles. The summed E-state index contributed by atoms with van der Waals surface area (Å²) >= 11 is 0. The van der Waals surface area contributed by atoms with E-state index in [1.54, 1.807) is 6.07 Å². The number of anilines is 3. The normalized spacial score (nSPS) is 18.0. The van der Waals surface area contributed by atoms with E-state index in [2.05, 4.69) is 14.9 Å². The van der Waals surface area contributed by atoms with E-state index in [-0.39, 0.29) is 16.9 Å². The predicted molar refractivity (Wildman–Crippen MR) is 101 cm³/mol. The summed E-state index contributed by atoms with van der Waals surface area (Å²) in [4.78, 5) is 17.4. The minimum absolute atomic E-state index is 0.0508. The number of nitrogens with two attached hydrogens (primary N) is 1. The lowest BCUT2D eigenvalue weighted by Gasteiger charge is -2.31. The average Bonchev–Trinajstić information content (AvgIpc) is 2.74. The summed E-state index contributed by atoms with van der Waals surface area (Å²) < 4.78 is 38.1. The van der Waals surface area contributed by atoms with Crippen LogP contribution in [0.25, 0.3) is 11.3 Å². The quantitative estimate of drug-likeness (QED) is 0.842. The standard InChI is InChI=1S/C18H22F2N6O2/c19-17(20)12-9-15(21)22-11-13(12)14-10-16(25-1-5-27-6-2-25)24-18(23-14)26-3-7-28-8-4-26/h9-11,17H,1-8H2,(H2,21,22). The van der Waals surface area contributed by atoms with Gasteiger partial charge in [0.25, 0.3) is 6.43 Å². The maximum atomic E-state index is 13.6. The Morgan fingerprint density at radius 2 is 1.57 bits per heavy atom. The molecule has 0 bridgehead atoms. The number of hydrogen-bond donors (Lipinski definition) is 1. The van der Waals surface area contributed by atoms with Crippen LogP contribution in [0.2, 0.25) is 0 Å². The molecule has 150 valence electrons. The molecule has 2 saturated heterocycles.